The smallest absolute Gasteiger partial charge is 0.407 e. The largest absolute Gasteiger partial charge is 0.481 e. The van der Waals surface area contributed by atoms with E-state index >= 15 is 0 Å². The van der Waals surface area contributed by atoms with Gasteiger partial charge in [-0.05, 0) is 54.9 Å². The van der Waals surface area contributed by atoms with Gasteiger partial charge in [-0.25, -0.2) is 4.79 Å². The summed E-state index contributed by atoms with van der Waals surface area (Å²) in [5, 5.41) is 15.2. The number of nitrogens with one attached hydrogen (secondary N) is 2. The highest BCUT2D eigenvalue weighted by atomic mass is 16.5. The van der Waals surface area contributed by atoms with Crippen molar-refractivity contribution in [3.8, 4) is 11.1 Å². The summed E-state index contributed by atoms with van der Waals surface area (Å²) in [7, 11) is 0. The topological polar surface area (TPSA) is 105 Å². The van der Waals surface area contributed by atoms with Gasteiger partial charge in [0.2, 0.25) is 5.91 Å². The minimum absolute atomic E-state index is 0.0210. The standard InChI is InChI=1S/C28H34N2O5/c1-28(16-8-6-14-24(28)26(32)33)30-25(31)15-7-9-17-29-27(34)35-18-23-21-12-4-2-10-19(21)20-11-3-5-13-22(20)23/h2-5,10-13,23-24H,6-9,14-18H2,1H3,(H,29,34)(H,30,31)(H,32,33). The molecule has 4 rings (SSSR count). The number of hydrogen-bond donors (Lipinski definition) is 3. The number of aliphatic carboxylic acids is 1. The van der Waals surface area contributed by atoms with Crippen molar-refractivity contribution >= 4 is 18.0 Å². The molecule has 7 nitrogen and oxygen atoms in total. The maximum Gasteiger partial charge on any atom is 0.407 e. The van der Waals surface area contributed by atoms with Crippen LogP contribution in [0.1, 0.15) is 68.9 Å². The van der Waals surface area contributed by atoms with Crippen LogP contribution in [0.4, 0.5) is 4.79 Å². The van der Waals surface area contributed by atoms with Crippen molar-refractivity contribution < 1.29 is 24.2 Å². The SMILES string of the molecule is CC1(NC(=O)CCCCNC(=O)OCC2c3ccccc3-c3ccccc32)CCCCC1C(=O)O. The van der Waals surface area contributed by atoms with E-state index in [1.807, 2.05) is 31.2 Å². The molecule has 0 heterocycles. The molecule has 186 valence electrons. The highest BCUT2D eigenvalue weighted by Crippen LogP contribution is 2.44. The van der Waals surface area contributed by atoms with E-state index in [-0.39, 0.29) is 18.4 Å². The third kappa shape index (κ3) is 5.66. The van der Waals surface area contributed by atoms with E-state index < -0.39 is 23.5 Å². The third-order valence-corrected chi connectivity index (χ3v) is 7.37. The summed E-state index contributed by atoms with van der Waals surface area (Å²) < 4.78 is 5.53. The number of ether oxygens (including phenoxy) is 1. The Balaban J connectivity index is 1.17. The lowest BCUT2D eigenvalue weighted by Gasteiger charge is -2.39. The number of carbonyl (C=O) groups excluding carboxylic acids is 2. The minimum atomic E-state index is -0.847. The molecule has 0 bridgehead atoms. The Morgan fingerprint density at radius 1 is 1.00 bits per heavy atom. The van der Waals surface area contributed by atoms with Crippen molar-refractivity contribution in [3.05, 3.63) is 59.7 Å². The average Bonchev–Trinajstić information content (AvgIpc) is 3.16. The third-order valence-electron chi connectivity index (χ3n) is 7.37. The number of benzene rings is 2. The lowest BCUT2D eigenvalue weighted by molar-refractivity contribution is -0.146. The fourth-order valence-electron chi connectivity index (χ4n) is 5.51. The number of carboxylic acid groups (broad SMARTS) is 1. The van der Waals surface area contributed by atoms with Gasteiger partial charge < -0.3 is 20.5 Å². The van der Waals surface area contributed by atoms with Gasteiger partial charge in [-0.15, -0.1) is 0 Å². The van der Waals surface area contributed by atoms with Crippen LogP contribution in [0.5, 0.6) is 0 Å². The fraction of sp³-hybridized carbons (Fsp3) is 0.464. The molecule has 35 heavy (non-hydrogen) atoms. The molecule has 2 aliphatic carbocycles. The molecule has 3 N–H and O–H groups in total. The fourth-order valence-corrected chi connectivity index (χ4v) is 5.51. The molecule has 2 aliphatic rings. The van der Waals surface area contributed by atoms with Crippen LogP contribution in [-0.2, 0) is 14.3 Å². The number of rotatable bonds is 9. The van der Waals surface area contributed by atoms with Crippen LogP contribution in [0.15, 0.2) is 48.5 Å². The Bertz CT molecular complexity index is 1040. The van der Waals surface area contributed by atoms with E-state index in [1.165, 1.54) is 22.3 Å². The number of fused-ring (bicyclic) bond motifs is 3. The summed E-state index contributed by atoms with van der Waals surface area (Å²) in [4.78, 5) is 36.2. The zero-order valence-electron chi connectivity index (χ0n) is 20.2. The lowest BCUT2D eigenvalue weighted by Crippen LogP contribution is -2.55. The van der Waals surface area contributed by atoms with E-state index in [1.54, 1.807) is 0 Å². The summed E-state index contributed by atoms with van der Waals surface area (Å²) in [5.41, 5.74) is 4.02. The summed E-state index contributed by atoms with van der Waals surface area (Å²) in [6.07, 6.45) is 4.15. The zero-order valence-corrected chi connectivity index (χ0v) is 20.2. The summed E-state index contributed by atoms with van der Waals surface area (Å²) >= 11 is 0. The first-order valence-electron chi connectivity index (χ1n) is 12.5. The second kappa shape index (κ2) is 10.9. The van der Waals surface area contributed by atoms with E-state index in [0.717, 1.165) is 12.8 Å². The second-order valence-electron chi connectivity index (χ2n) is 9.81. The van der Waals surface area contributed by atoms with Crippen LogP contribution in [0.3, 0.4) is 0 Å². The van der Waals surface area contributed by atoms with Gasteiger partial charge >= 0.3 is 12.1 Å². The van der Waals surface area contributed by atoms with Gasteiger partial charge in [0.15, 0.2) is 0 Å². The van der Waals surface area contributed by atoms with E-state index in [4.69, 9.17) is 4.74 Å². The van der Waals surface area contributed by atoms with Crippen LogP contribution in [0.2, 0.25) is 0 Å². The molecule has 0 aromatic heterocycles. The summed E-state index contributed by atoms with van der Waals surface area (Å²) in [6, 6.07) is 16.4. The second-order valence-corrected chi connectivity index (χ2v) is 9.81. The summed E-state index contributed by atoms with van der Waals surface area (Å²) in [6.45, 7) is 2.52. The molecule has 0 saturated heterocycles. The number of hydrogen-bond acceptors (Lipinski definition) is 4. The first-order chi connectivity index (χ1) is 16.9. The van der Waals surface area contributed by atoms with Gasteiger partial charge in [0, 0.05) is 18.9 Å². The molecule has 0 aliphatic heterocycles. The van der Waals surface area contributed by atoms with Gasteiger partial charge in [-0.1, -0.05) is 61.4 Å². The van der Waals surface area contributed by atoms with Gasteiger partial charge in [-0.2, -0.15) is 0 Å². The Kier molecular flexibility index (Phi) is 7.73. The van der Waals surface area contributed by atoms with Crippen LogP contribution in [-0.4, -0.2) is 41.8 Å². The molecule has 2 atom stereocenters. The molecule has 1 fully saturated rings. The van der Waals surface area contributed by atoms with Crippen LogP contribution >= 0.6 is 0 Å². The molecule has 2 aromatic rings. The number of carbonyl (C=O) groups is 3. The molecule has 7 heteroatoms. The Morgan fingerprint density at radius 3 is 2.31 bits per heavy atom. The number of carboxylic acids is 1. The zero-order chi connectivity index (χ0) is 24.8. The maximum atomic E-state index is 12.4. The molecule has 2 aromatic carbocycles. The molecule has 2 amide bonds. The molecule has 1 saturated carbocycles. The normalized spacial score (nSPS) is 21.0. The molecule has 0 spiro atoms. The van der Waals surface area contributed by atoms with Gasteiger partial charge in [-0.3, -0.25) is 9.59 Å². The van der Waals surface area contributed by atoms with E-state index in [9.17, 15) is 19.5 Å². The maximum absolute atomic E-state index is 12.4. The summed E-state index contributed by atoms with van der Waals surface area (Å²) in [5.74, 6) is -1.51. The highest BCUT2D eigenvalue weighted by Gasteiger charge is 2.42. The van der Waals surface area contributed by atoms with E-state index in [0.29, 0.717) is 38.6 Å². The van der Waals surface area contributed by atoms with Crippen molar-refractivity contribution in [1.29, 1.82) is 0 Å². The lowest BCUT2D eigenvalue weighted by atomic mass is 9.74. The predicted octanol–water partition coefficient (Wildman–Crippen LogP) is 4.85. The van der Waals surface area contributed by atoms with Crippen molar-refractivity contribution in [1.82, 2.24) is 10.6 Å². The number of unbranched alkanes of at least 4 members (excludes halogenated alkanes) is 1. The number of amides is 2. The molecule has 2 unspecified atom stereocenters. The predicted molar refractivity (Wildman–Crippen MR) is 133 cm³/mol. The molecular formula is C28H34N2O5. The molecule has 0 radical (unpaired) electrons. The van der Waals surface area contributed by atoms with Crippen LogP contribution < -0.4 is 10.6 Å². The van der Waals surface area contributed by atoms with Crippen LogP contribution in [0.25, 0.3) is 11.1 Å². The highest BCUT2D eigenvalue weighted by molar-refractivity contribution is 5.80. The van der Waals surface area contributed by atoms with Crippen molar-refractivity contribution in [2.45, 2.75) is 63.3 Å². The Morgan fingerprint density at radius 2 is 1.66 bits per heavy atom. The van der Waals surface area contributed by atoms with Gasteiger partial charge in [0.05, 0.1) is 11.5 Å². The Labute approximate surface area is 206 Å². The quantitative estimate of drug-likeness (QED) is 0.447. The van der Waals surface area contributed by atoms with Gasteiger partial charge in [0.1, 0.15) is 6.61 Å². The molecular weight excluding hydrogens is 444 g/mol. The average molecular weight is 479 g/mol. The van der Waals surface area contributed by atoms with Gasteiger partial charge in [0.25, 0.3) is 0 Å². The first-order valence-corrected chi connectivity index (χ1v) is 12.5. The number of alkyl carbamates (subject to hydrolysis) is 1. The van der Waals surface area contributed by atoms with E-state index in [2.05, 4.69) is 34.9 Å². The van der Waals surface area contributed by atoms with Crippen molar-refractivity contribution in [2.75, 3.05) is 13.2 Å². The van der Waals surface area contributed by atoms with Crippen molar-refractivity contribution in [3.63, 3.8) is 0 Å². The Hall–Kier alpha value is -3.35. The van der Waals surface area contributed by atoms with Crippen molar-refractivity contribution in [2.24, 2.45) is 5.92 Å². The minimum Gasteiger partial charge on any atom is -0.481 e. The monoisotopic (exact) mass is 478 g/mol. The van der Waals surface area contributed by atoms with Crippen LogP contribution in [0, 0.1) is 5.92 Å². The first kappa shape index (κ1) is 24.8.